The van der Waals surface area contributed by atoms with E-state index in [-0.39, 0.29) is 0 Å². The van der Waals surface area contributed by atoms with E-state index in [1.807, 2.05) is 0 Å². The van der Waals surface area contributed by atoms with E-state index >= 15 is 0 Å². The zero-order chi connectivity index (χ0) is 15.0. The topological polar surface area (TPSA) is 61.8 Å². The minimum atomic E-state index is -3.31. The van der Waals surface area contributed by atoms with E-state index in [0.717, 1.165) is 58.9 Å². The van der Waals surface area contributed by atoms with Crippen molar-refractivity contribution in [1.29, 1.82) is 0 Å². The van der Waals surface area contributed by atoms with Crippen molar-refractivity contribution >= 4 is 7.82 Å². The molecule has 19 heavy (non-hydrogen) atoms. The van der Waals surface area contributed by atoms with Crippen LogP contribution in [0.1, 0.15) is 59.3 Å². The Hall–Kier alpha value is 0.624. The quantitative estimate of drug-likeness (QED) is 0.301. The third-order valence-electron chi connectivity index (χ3n) is 2.24. The Balaban J connectivity index is 0. The van der Waals surface area contributed by atoms with Gasteiger partial charge >= 0.3 is 31.6 Å². The van der Waals surface area contributed by atoms with Crippen molar-refractivity contribution in [3.05, 3.63) is 0 Å². The third-order valence-corrected chi connectivity index (χ3v) is 3.74. The van der Waals surface area contributed by atoms with Gasteiger partial charge in [0.2, 0.25) is 0 Å². The Morgan fingerprint density at radius 3 is 1.21 bits per heavy atom. The first-order valence-electron chi connectivity index (χ1n) is 6.92. The van der Waals surface area contributed by atoms with Crippen molar-refractivity contribution in [2.75, 3.05) is 19.8 Å². The van der Waals surface area contributed by atoms with Crippen LogP contribution in [0, 0.1) is 0 Å². The van der Waals surface area contributed by atoms with Crippen molar-refractivity contribution in [2.45, 2.75) is 59.3 Å². The first-order chi connectivity index (χ1) is 9.18. The number of hydrogen-bond acceptors (Lipinski definition) is 5. The van der Waals surface area contributed by atoms with Gasteiger partial charge < -0.3 is 0 Å². The van der Waals surface area contributed by atoms with Gasteiger partial charge in [0, 0.05) is 0 Å². The number of hydrogen-bond donors (Lipinski definition) is 0. The summed E-state index contributed by atoms with van der Waals surface area (Å²) >= 11 is 0.750. The number of phosphoric ester groups is 1. The summed E-state index contributed by atoms with van der Waals surface area (Å²) in [4.78, 5) is 0. The van der Waals surface area contributed by atoms with Gasteiger partial charge in [0.25, 0.3) is 0 Å². The second-order valence-corrected chi connectivity index (χ2v) is 5.68. The van der Waals surface area contributed by atoms with Crippen LogP contribution >= 0.6 is 7.82 Å². The second kappa shape index (κ2) is 16.7. The van der Waals surface area contributed by atoms with Crippen molar-refractivity contribution in [1.82, 2.24) is 0 Å². The molecule has 0 fully saturated rings. The minimum absolute atomic E-state index is 0.437. The first kappa shape index (κ1) is 21.9. The zero-order valence-corrected chi connectivity index (χ0v) is 14.8. The summed E-state index contributed by atoms with van der Waals surface area (Å²) < 4.78 is 36.2. The summed E-state index contributed by atoms with van der Waals surface area (Å²) in [5.74, 6) is 0. The van der Waals surface area contributed by atoms with Crippen LogP contribution in [0.5, 0.6) is 0 Å². The van der Waals surface area contributed by atoms with Gasteiger partial charge in [0.1, 0.15) is 0 Å². The molecule has 0 rings (SSSR count). The maximum absolute atomic E-state index is 12.2. The normalized spacial score (nSPS) is 10.8. The van der Waals surface area contributed by atoms with E-state index in [9.17, 15) is 4.57 Å². The molecule has 0 saturated heterocycles. The van der Waals surface area contributed by atoms with E-state index in [0.29, 0.717) is 19.8 Å². The molecule has 0 aliphatic carbocycles. The molecule has 5 nitrogen and oxygen atoms in total. The van der Waals surface area contributed by atoms with Crippen LogP contribution in [0.2, 0.25) is 0 Å². The summed E-state index contributed by atoms with van der Waals surface area (Å²) in [5.41, 5.74) is 0. The van der Waals surface area contributed by atoms with Gasteiger partial charge in [0.05, 0.1) is 19.8 Å². The van der Waals surface area contributed by atoms with Crippen molar-refractivity contribution < 1.29 is 41.9 Å². The van der Waals surface area contributed by atoms with E-state index in [1.54, 1.807) is 0 Å². The molecule has 0 heterocycles. The molecule has 114 valence electrons. The molecule has 0 amide bonds. The maximum atomic E-state index is 12.2. The molecule has 0 aliphatic heterocycles. The van der Waals surface area contributed by atoms with Crippen LogP contribution in [0.3, 0.4) is 0 Å². The fraction of sp³-hybridized carbons (Fsp3) is 1.00. The Labute approximate surface area is 129 Å². The summed E-state index contributed by atoms with van der Waals surface area (Å²) in [6.45, 7) is 7.49. The Bertz CT molecular complexity index is 195. The number of rotatable bonds is 12. The zero-order valence-electron chi connectivity index (χ0n) is 12.4. The summed E-state index contributed by atoms with van der Waals surface area (Å²) in [7, 11) is -3.31. The fourth-order valence-electron chi connectivity index (χ4n) is 1.07. The average Bonchev–Trinajstić information content (AvgIpc) is 2.42. The van der Waals surface area contributed by atoms with E-state index < -0.39 is 7.82 Å². The van der Waals surface area contributed by atoms with E-state index in [1.165, 1.54) is 0 Å². The standard InChI is InChI=1S/C12H27O4P.O.Ti/c1-4-7-10-14-17(13,15-11-8-5-2)16-12-9-6-3;;/h4-12H2,1-3H3;;. The second-order valence-electron chi connectivity index (χ2n) is 4.01. The number of unbranched alkanes of at least 4 members (excludes halogenated alkanes) is 3. The molecule has 0 aliphatic rings. The Morgan fingerprint density at radius 1 is 0.737 bits per heavy atom. The average molecular weight is 330 g/mol. The molecule has 0 N–H and O–H groups in total. The van der Waals surface area contributed by atoms with Gasteiger partial charge in [-0.25, -0.2) is 4.57 Å². The summed E-state index contributed by atoms with van der Waals surface area (Å²) in [5, 5.41) is 0. The van der Waals surface area contributed by atoms with Crippen LogP contribution < -0.4 is 0 Å². The predicted octanol–water partition coefficient (Wildman–Crippen LogP) is 4.42. The monoisotopic (exact) mass is 330 g/mol. The molecular formula is C12H27O5PTi. The van der Waals surface area contributed by atoms with Crippen LogP contribution in [-0.2, 0) is 41.9 Å². The predicted molar refractivity (Wildman–Crippen MR) is 70.9 cm³/mol. The van der Waals surface area contributed by atoms with E-state index in [2.05, 4.69) is 20.8 Å². The van der Waals surface area contributed by atoms with Crippen molar-refractivity contribution in [3.8, 4) is 0 Å². The molecule has 0 aromatic rings. The fourth-order valence-corrected chi connectivity index (χ4v) is 2.36. The molecule has 0 unspecified atom stereocenters. The van der Waals surface area contributed by atoms with Gasteiger partial charge in [-0.3, -0.25) is 13.6 Å². The van der Waals surface area contributed by atoms with Crippen molar-refractivity contribution in [2.24, 2.45) is 0 Å². The molecule has 0 spiro atoms. The van der Waals surface area contributed by atoms with Crippen LogP contribution in [0.4, 0.5) is 0 Å². The third kappa shape index (κ3) is 14.8. The first-order valence-corrected chi connectivity index (χ1v) is 9.02. The summed E-state index contributed by atoms with van der Waals surface area (Å²) in [6, 6.07) is 0. The Kier molecular flexibility index (Phi) is 19.2. The van der Waals surface area contributed by atoms with Gasteiger partial charge in [-0.15, -0.1) is 0 Å². The molecule has 0 bridgehead atoms. The van der Waals surface area contributed by atoms with Gasteiger partial charge in [-0.05, 0) is 19.3 Å². The van der Waals surface area contributed by atoms with Gasteiger partial charge in [-0.1, -0.05) is 40.0 Å². The molecule has 0 atom stereocenters. The summed E-state index contributed by atoms with van der Waals surface area (Å²) in [6.07, 6.45) is 5.63. The molecule has 0 aromatic heterocycles. The molecule has 0 saturated carbocycles. The van der Waals surface area contributed by atoms with E-state index in [4.69, 9.17) is 16.9 Å². The SMILES string of the molecule is CCCCOP(=O)(OCCCC)OCCCC.[O]=[Ti]. The van der Waals surface area contributed by atoms with Crippen LogP contribution in [0.15, 0.2) is 0 Å². The molecule has 0 aromatic carbocycles. The van der Waals surface area contributed by atoms with Crippen molar-refractivity contribution in [3.63, 3.8) is 0 Å². The molecular weight excluding hydrogens is 303 g/mol. The number of phosphoric acid groups is 1. The molecule has 7 heteroatoms. The van der Waals surface area contributed by atoms with Crippen LogP contribution in [-0.4, -0.2) is 19.8 Å². The Morgan fingerprint density at radius 2 is 1.00 bits per heavy atom. The van der Waals surface area contributed by atoms with Crippen LogP contribution in [0.25, 0.3) is 0 Å². The molecule has 0 radical (unpaired) electrons. The van der Waals surface area contributed by atoms with Gasteiger partial charge in [0.15, 0.2) is 0 Å². The van der Waals surface area contributed by atoms with Gasteiger partial charge in [-0.2, -0.15) is 0 Å².